The summed E-state index contributed by atoms with van der Waals surface area (Å²) in [5.74, 6) is -1.25. The second-order valence-corrected chi connectivity index (χ2v) is 6.75. The third-order valence-electron chi connectivity index (χ3n) is 3.12. The number of thiocarbonyl (C=S) groups is 1. The van der Waals surface area contributed by atoms with Gasteiger partial charge in [0.2, 0.25) is 0 Å². The number of rotatable bonds is 2. The number of benzene rings is 2. The van der Waals surface area contributed by atoms with Crippen LogP contribution in [0.5, 0.6) is 0 Å². The Morgan fingerprint density at radius 3 is 2.48 bits per heavy atom. The van der Waals surface area contributed by atoms with E-state index >= 15 is 0 Å². The van der Waals surface area contributed by atoms with Crippen LogP contribution in [0.2, 0.25) is 5.02 Å². The molecule has 0 atom stereocenters. The van der Waals surface area contributed by atoms with Gasteiger partial charge in [0.05, 0.1) is 15.6 Å². The average Bonchev–Trinajstić information content (AvgIpc) is 2.79. The lowest BCUT2D eigenvalue weighted by Crippen LogP contribution is -2.27. The molecule has 0 N–H and O–H groups in total. The summed E-state index contributed by atoms with van der Waals surface area (Å²) >= 11 is 12.1. The summed E-state index contributed by atoms with van der Waals surface area (Å²) in [6, 6.07) is 9.72. The van der Waals surface area contributed by atoms with Gasteiger partial charge in [-0.25, -0.2) is 8.78 Å². The van der Waals surface area contributed by atoms with Crippen LogP contribution in [0.1, 0.15) is 5.56 Å². The van der Waals surface area contributed by atoms with E-state index in [0.717, 1.165) is 11.8 Å². The van der Waals surface area contributed by atoms with Crippen LogP contribution in [0, 0.1) is 11.6 Å². The molecule has 1 amide bonds. The molecule has 0 aromatic heterocycles. The van der Waals surface area contributed by atoms with Gasteiger partial charge in [-0.3, -0.25) is 9.69 Å². The zero-order valence-electron chi connectivity index (χ0n) is 11.4. The van der Waals surface area contributed by atoms with Crippen molar-refractivity contribution in [1.82, 2.24) is 0 Å². The zero-order valence-corrected chi connectivity index (χ0v) is 13.8. The molecule has 7 heteroatoms. The van der Waals surface area contributed by atoms with Gasteiger partial charge in [-0.1, -0.05) is 47.7 Å². The van der Waals surface area contributed by atoms with Crippen molar-refractivity contribution in [3.63, 3.8) is 0 Å². The van der Waals surface area contributed by atoms with E-state index in [-0.39, 0.29) is 16.7 Å². The molecule has 2 aromatic rings. The fraction of sp³-hybridized carbons (Fsp3) is 0. The van der Waals surface area contributed by atoms with Gasteiger partial charge in [-0.15, -0.1) is 0 Å². The zero-order chi connectivity index (χ0) is 16.6. The van der Waals surface area contributed by atoms with Crippen molar-refractivity contribution in [1.29, 1.82) is 0 Å². The molecule has 1 aliphatic rings. The first-order valence-electron chi connectivity index (χ1n) is 6.44. The summed E-state index contributed by atoms with van der Waals surface area (Å²) in [6.45, 7) is 0. The highest BCUT2D eigenvalue weighted by Crippen LogP contribution is 2.37. The highest BCUT2D eigenvalue weighted by Gasteiger charge is 2.33. The molecular formula is C16H8ClF2NOS2. The first-order chi connectivity index (χ1) is 11.0. The minimum absolute atomic E-state index is 0.0842. The molecule has 23 heavy (non-hydrogen) atoms. The van der Waals surface area contributed by atoms with E-state index in [1.165, 1.54) is 35.2 Å². The number of thioether (sulfide) groups is 1. The van der Waals surface area contributed by atoms with Crippen LogP contribution in [-0.4, -0.2) is 10.2 Å². The molecule has 1 fully saturated rings. The van der Waals surface area contributed by atoms with E-state index in [1.54, 1.807) is 18.2 Å². The Balaban J connectivity index is 1.93. The number of hydrogen-bond acceptors (Lipinski definition) is 3. The molecule has 0 saturated carbocycles. The van der Waals surface area contributed by atoms with Crippen LogP contribution in [0.3, 0.4) is 0 Å². The monoisotopic (exact) mass is 367 g/mol. The number of hydrogen-bond donors (Lipinski definition) is 0. The molecule has 0 bridgehead atoms. The molecule has 3 rings (SSSR count). The van der Waals surface area contributed by atoms with E-state index in [1.807, 2.05) is 0 Å². The molecule has 1 aliphatic heterocycles. The fourth-order valence-electron chi connectivity index (χ4n) is 2.02. The number of halogens is 3. The smallest absolute Gasteiger partial charge is 0.268 e. The summed E-state index contributed by atoms with van der Waals surface area (Å²) in [5.41, 5.74) is 1.09. The Labute approximate surface area is 145 Å². The lowest BCUT2D eigenvalue weighted by molar-refractivity contribution is -0.113. The van der Waals surface area contributed by atoms with E-state index in [4.69, 9.17) is 23.8 Å². The van der Waals surface area contributed by atoms with E-state index in [0.29, 0.717) is 20.5 Å². The summed E-state index contributed by atoms with van der Waals surface area (Å²) < 4.78 is 26.5. The summed E-state index contributed by atoms with van der Waals surface area (Å²) in [5, 5.41) is -0.0842. The van der Waals surface area contributed by atoms with Gasteiger partial charge in [-0.2, -0.15) is 0 Å². The molecule has 1 heterocycles. The molecule has 2 nitrogen and oxygen atoms in total. The second-order valence-electron chi connectivity index (χ2n) is 4.67. The second kappa shape index (κ2) is 6.39. The molecule has 0 radical (unpaired) electrons. The van der Waals surface area contributed by atoms with Crippen LogP contribution in [0.4, 0.5) is 14.5 Å². The molecule has 0 aliphatic carbocycles. The van der Waals surface area contributed by atoms with E-state index in [9.17, 15) is 13.6 Å². The first-order valence-corrected chi connectivity index (χ1v) is 8.04. The molecule has 0 unspecified atom stereocenters. The van der Waals surface area contributed by atoms with Gasteiger partial charge < -0.3 is 0 Å². The molecule has 0 spiro atoms. The fourth-order valence-corrected chi connectivity index (χ4v) is 3.50. The normalized spacial score (nSPS) is 16.5. The predicted molar refractivity (Wildman–Crippen MR) is 93.5 cm³/mol. The van der Waals surface area contributed by atoms with Crippen molar-refractivity contribution in [3.05, 3.63) is 69.6 Å². The maximum absolute atomic E-state index is 13.3. The van der Waals surface area contributed by atoms with Crippen LogP contribution in [0.15, 0.2) is 47.4 Å². The number of carbonyl (C=O) groups excluding carboxylic acids is 1. The minimum Gasteiger partial charge on any atom is -0.268 e. The van der Waals surface area contributed by atoms with Crippen molar-refractivity contribution >= 4 is 57.6 Å². The lowest BCUT2D eigenvalue weighted by Gasteiger charge is -2.14. The van der Waals surface area contributed by atoms with Gasteiger partial charge in [0.1, 0.15) is 11.6 Å². The number of anilines is 1. The van der Waals surface area contributed by atoms with Crippen molar-refractivity contribution in [3.8, 4) is 0 Å². The Kier molecular flexibility index (Phi) is 4.48. The third kappa shape index (κ3) is 3.29. The van der Waals surface area contributed by atoms with E-state index < -0.39 is 5.82 Å². The van der Waals surface area contributed by atoms with Crippen molar-refractivity contribution in [2.24, 2.45) is 0 Å². The lowest BCUT2D eigenvalue weighted by atomic mass is 10.2. The van der Waals surface area contributed by atoms with Crippen molar-refractivity contribution in [2.75, 3.05) is 4.90 Å². The van der Waals surface area contributed by atoms with Gasteiger partial charge >= 0.3 is 0 Å². The van der Waals surface area contributed by atoms with Crippen LogP contribution >= 0.6 is 35.6 Å². The van der Waals surface area contributed by atoms with Crippen LogP contribution in [0.25, 0.3) is 6.08 Å². The molecule has 116 valence electrons. The van der Waals surface area contributed by atoms with Gasteiger partial charge in [-0.05, 0) is 42.0 Å². The summed E-state index contributed by atoms with van der Waals surface area (Å²) in [6.07, 6.45) is 1.63. The predicted octanol–water partition coefficient (Wildman–Crippen LogP) is 5.02. The largest absolute Gasteiger partial charge is 0.270 e. The Bertz CT molecular complexity index is 836. The Morgan fingerprint density at radius 2 is 1.83 bits per heavy atom. The summed E-state index contributed by atoms with van der Waals surface area (Å²) in [4.78, 5) is 14.2. The molecular weight excluding hydrogens is 360 g/mol. The first kappa shape index (κ1) is 16.1. The standard InChI is InChI=1S/C16H8ClF2NOS2/c17-12-8-11(5-6-13(12)19)20-15(21)14(23-16(20)22)7-9-1-3-10(18)4-2-9/h1-8H. The quantitative estimate of drug-likeness (QED) is 0.549. The topological polar surface area (TPSA) is 20.3 Å². The maximum Gasteiger partial charge on any atom is 0.270 e. The molecule has 2 aromatic carbocycles. The maximum atomic E-state index is 13.3. The van der Waals surface area contributed by atoms with Gasteiger partial charge in [0, 0.05) is 0 Å². The van der Waals surface area contributed by atoms with Gasteiger partial charge in [0.25, 0.3) is 5.91 Å². The van der Waals surface area contributed by atoms with Crippen molar-refractivity contribution in [2.45, 2.75) is 0 Å². The van der Waals surface area contributed by atoms with Crippen LogP contribution < -0.4 is 4.90 Å². The van der Waals surface area contributed by atoms with E-state index in [2.05, 4.69) is 0 Å². The van der Waals surface area contributed by atoms with Gasteiger partial charge in [0.15, 0.2) is 4.32 Å². The molecule has 1 saturated heterocycles. The summed E-state index contributed by atoms with van der Waals surface area (Å²) in [7, 11) is 0. The van der Waals surface area contributed by atoms with Crippen LogP contribution in [-0.2, 0) is 4.79 Å². The highest BCUT2D eigenvalue weighted by atomic mass is 35.5. The third-order valence-corrected chi connectivity index (χ3v) is 4.71. The number of amides is 1. The SMILES string of the molecule is O=C1C(=Cc2ccc(F)cc2)SC(=S)N1c1ccc(F)c(Cl)c1. The minimum atomic E-state index is -0.567. The average molecular weight is 368 g/mol. The highest BCUT2D eigenvalue weighted by molar-refractivity contribution is 8.27. The Hall–Kier alpha value is -1.76. The van der Waals surface area contributed by atoms with Crippen molar-refractivity contribution < 1.29 is 13.6 Å². The Morgan fingerprint density at radius 1 is 1.13 bits per heavy atom. The number of carbonyl (C=O) groups is 1. The number of nitrogens with zero attached hydrogens (tertiary/aromatic N) is 1.